The first-order chi connectivity index (χ1) is 9.43. The third-order valence-electron chi connectivity index (χ3n) is 2.66. The van der Waals surface area contributed by atoms with Crippen LogP contribution in [0.1, 0.15) is 32.6 Å². The molecular weight excluding hydrogens is 232 g/mol. The standard InChI is InChI=1S/C18H24O/c1-2-3-4-5-6-7-8-9-10-14-17-19-18-15-12-11-13-16-18/h2-3,6-7,10-16H,4-5,8-9,17H2,1H3. The molecule has 0 N–H and O–H groups in total. The molecule has 0 aromatic heterocycles. The molecule has 0 aliphatic heterocycles. The summed E-state index contributed by atoms with van der Waals surface area (Å²) in [6.45, 7) is 2.71. The minimum Gasteiger partial charge on any atom is -0.490 e. The van der Waals surface area contributed by atoms with Crippen molar-refractivity contribution in [2.75, 3.05) is 6.61 Å². The molecule has 1 nitrogen and oxygen atoms in total. The summed E-state index contributed by atoms with van der Waals surface area (Å²) in [5.41, 5.74) is 0. The fraction of sp³-hybridized carbons (Fsp3) is 0.333. The average molecular weight is 256 g/mol. The summed E-state index contributed by atoms with van der Waals surface area (Å²) >= 11 is 0. The lowest BCUT2D eigenvalue weighted by atomic mass is 10.2. The highest BCUT2D eigenvalue weighted by Gasteiger charge is 1.86. The van der Waals surface area contributed by atoms with E-state index in [1.165, 1.54) is 0 Å². The molecule has 1 aromatic carbocycles. The molecule has 0 bridgehead atoms. The Morgan fingerprint density at radius 1 is 0.789 bits per heavy atom. The van der Waals surface area contributed by atoms with Gasteiger partial charge in [0.1, 0.15) is 12.4 Å². The highest BCUT2D eigenvalue weighted by atomic mass is 16.5. The lowest BCUT2D eigenvalue weighted by Crippen LogP contribution is -1.92. The van der Waals surface area contributed by atoms with Gasteiger partial charge in [-0.3, -0.25) is 0 Å². The number of rotatable bonds is 9. The topological polar surface area (TPSA) is 9.23 Å². The second-order valence-corrected chi connectivity index (χ2v) is 4.29. The first-order valence-electron chi connectivity index (χ1n) is 7.02. The molecule has 0 saturated heterocycles. The largest absolute Gasteiger partial charge is 0.490 e. The number of hydrogen-bond donors (Lipinski definition) is 0. The first-order valence-corrected chi connectivity index (χ1v) is 7.02. The Labute approximate surface area is 117 Å². The SMILES string of the molecule is CC=CCCC=CCCC=CCOc1ccccc1. The van der Waals surface area contributed by atoms with E-state index in [0.717, 1.165) is 31.4 Å². The predicted octanol–water partition coefficient (Wildman–Crippen LogP) is 5.31. The molecule has 0 fully saturated rings. The molecule has 0 unspecified atom stereocenters. The maximum absolute atomic E-state index is 5.57. The zero-order valence-corrected chi connectivity index (χ0v) is 11.8. The molecule has 102 valence electrons. The van der Waals surface area contributed by atoms with E-state index in [4.69, 9.17) is 4.74 Å². The van der Waals surface area contributed by atoms with Gasteiger partial charge in [-0.25, -0.2) is 0 Å². The van der Waals surface area contributed by atoms with Crippen molar-refractivity contribution in [3.63, 3.8) is 0 Å². The van der Waals surface area contributed by atoms with E-state index in [2.05, 4.69) is 43.4 Å². The van der Waals surface area contributed by atoms with Gasteiger partial charge in [-0.1, -0.05) is 54.7 Å². The zero-order chi connectivity index (χ0) is 13.6. The Morgan fingerprint density at radius 2 is 1.37 bits per heavy atom. The van der Waals surface area contributed by atoms with Crippen molar-refractivity contribution in [1.82, 2.24) is 0 Å². The van der Waals surface area contributed by atoms with Gasteiger partial charge in [-0.2, -0.15) is 0 Å². The summed E-state index contributed by atoms with van der Waals surface area (Å²) in [7, 11) is 0. The summed E-state index contributed by atoms with van der Waals surface area (Å²) in [6, 6.07) is 9.91. The lowest BCUT2D eigenvalue weighted by Gasteiger charge is -2.01. The van der Waals surface area contributed by atoms with Crippen LogP contribution in [-0.4, -0.2) is 6.61 Å². The maximum atomic E-state index is 5.57. The molecule has 1 rings (SSSR count). The predicted molar refractivity (Wildman–Crippen MR) is 83.5 cm³/mol. The van der Waals surface area contributed by atoms with Crippen LogP contribution in [0.25, 0.3) is 0 Å². The third kappa shape index (κ3) is 8.90. The molecule has 0 radical (unpaired) electrons. The van der Waals surface area contributed by atoms with Gasteiger partial charge in [0.2, 0.25) is 0 Å². The number of hydrogen-bond acceptors (Lipinski definition) is 1. The van der Waals surface area contributed by atoms with Gasteiger partial charge in [0.25, 0.3) is 0 Å². The third-order valence-corrected chi connectivity index (χ3v) is 2.66. The van der Waals surface area contributed by atoms with Crippen molar-refractivity contribution >= 4 is 0 Å². The zero-order valence-electron chi connectivity index (χ0n) is 11.8. The summed E-state index contributed by atoms with van der Waals surface area (Å²) in [5, 5.41) is 0. The number of para-hydroxylation sites is 1. The fourth-order valence-electron chi connectivity index (χ4n) is 1.63. The molecule has 19 heavy (non-hydrogen) atoms. The molecular formula is C18H24O. The van der Waals surface area contributed by atoms with E-state index in [-0.39, 0.29) is 0 Å². The van der Waals surface area contributed by atoms with Crippen molar-refractivity contribution in [2.45, 2.75) is 32.6 Å². The maximum Gasteiger partial charge on any atom is 0.119 e. The normalized spacial score (nSPS) is 11.8. The summed E-state index contributed by atoms with van der Waals surface area (Å²) < 4.78 is 5.57. The Hall–Kier alpha value is -1.76. The van der Waals surface area contributed by atoms with E-state index in [1.54, 1.807) is 0 Å². The smallest absolute Gasteiger partial charge is 0.119 e. The summed E-state index contributed by atoms with van der Waals surface area (Å²) in [4.78, 5) is 0. The van der Waals surface area contributed by atoms with Crippen molar-refractivity contribution in [1.29, 1.82) is 0 Å². The Morgan fingerprint density at radius 3 is 2.00 bits per heavy atom. The van der Waals surface area contributed by atoms with Gasteiger partial charge in [0.05, 0.1) is 0 Å². The second-order valence-electron chi connectivity index (χ2n) is 4.29. The number of benzene rings is 1. The quantitative estimate of drug-likeness (QED) is 0.429. The van der Waals surface area contributed by atoms with Crippen LogP contribution >= 0.6 is 0 Å². The van der Waals surface area contributed by atoms with Crippen molar-refractivity contribution in [3.05, 3.63) is 66.8 Å². The monoisotopic (exact) mass is 256 g/mol. The Balaban J connectivity index is 1.99. The van der Waals surface area contributed by atoms with E-state index in [9.17, 15) is 0 Å². The van der Waals surface area contributed by atoms with Crippen molar-refractivity contribution in [2.24, 2.45) is 0 Å². The summed E-state index contributed by atoms with van der Waals surface area (Å²) in [6.07, 6.45) is 17.6. The molecule has 0 spiro atoms. The van der Waals surface area contributed by atoms with Gasteiger partial charge >= 0.3 is 0 Å². The molecule has 1 aromatic rings. The van der Waals surface area contributed by atoms with Crippen molar-refractivity contribution < 1.29 is 4.74 Å². The molecule has 0 aliphatic carbocycles. The van der Waals surface area contributed by atoms with E-state index in [0.29, 0.717) is 6.61 Å². The van der Waals surface area contributed by atoms with Crippen LogP contribution in [0, 0.1) is 0 Å². The van der Waals surface area contributed by atoms with E-state index >= 15 is 0 Å². The minimum absolute atomic E-state index is 0.648. The van der Waals surface area contributed by atoms with Crippen LogP contribution < -0.4 is 4.74 Å². The van der Waals surface area contributed by atoms with Gasteiger partial charge < -0.3 is 4.74 Å². The van der Waals surface area contributed by atoms with Crippen LogP contribution in [0.5, 0.6) is 5.75 Å². The van der Waals surface area contributed by atoms with Crippen LogP contribution in [0.2, 0.25) is 0 Å². The Kier molecular flexibility index (Phi) is 9.13. The van der Waals surface area contributed by atoms with E-state index < -0.39 is 0 Å². The Bertz CT molecular complexity index is 387. The fourth-order valence-corrected chi connectivity index (χ4v) is 1.63. The van der Waals surface area contributed by atoms with Gasteiger partial charge in [-0.15, -0.1) is 0 Å². The van der Waals surface area contributed by atoms with Crippen LogP contribution in [0.4, 0.5) is 0 Å². The van der Waals surface area contributed by atoms with Gasteiger partial charge in [0.15, 0.2) is 0 Å². The first kappa shape index (κ1) is 15.3. The van der Waals surface area contributed by atoms with E-state index in [1.807, 2.05) is 30.3 Å². The number of unbranched alkanes of at least 4 members (excludes halogenated alkanes) is 2. The second kappa shape index (κ2) is 11.3. The molecule has 0 saturated carbocycles. The minimum atomic E-state index is 0.648. The van der Waals surface area contributed by atoms with Crippen LogP contribution in [-0.2, 0) is 0 Å². The lowest BCUT2D eigenvalue weighted by molar-refractivity contribution is 0.362. The van der Waals surface area contributed by atoms with Crippen molar-refractivity contribution in [3.8, 4) is 5.75 Å². The summed E-state index contributed by atoms with van der Waals surface area (Å²) in [5.74, 6) is 0.927. The molecule has 0 heterocycles. The molecule has 0 aliphatic rings. The van der Waals surface area contributed by atoms with Crippen LogP contribution in [0.3, 0.4) is 0 Å². The molecule has 0 atom stereocenters. The van der Waals surface area contributed by atoms with Gasteiger partial charge in [-0.05, 0) is 44.7 Å². The molecule has 0 amide bonds. The number of ether oxygens (including phenoxy) is 1. The highest BCUT2D eigenvalue weighted by molar-refractivity contribution is 5.21. The van der Waals surface area contributed by atoms with Gasteiger partial charge in [0, 0.05) is 0 Å². The average Bonchev–Trinajstić information content (AvgIpc) is 2.46. The van der Waals surface area contributed by atoms with Crippen LogP contribution in [0.15, 0.2) is 66.8 Å². The number of allylic oxidation sites excluding steroid dienone is 5. The highest BCUT2D eigenvalue weighted by Crippen LogP contribution is 2.07. The molecule has 1 heteroatoms.